The van der Waals surface area contributed by atoms with Crippen LogP contribution in [0.2, 0.25) is 0 Å². The lowest BCUT2D eigenvalue weighted by molar-refractivity contribution is 0.0370. The predicted molar refractivity (Wildman–Crippen MR) is 42.5 cm³/mol. The summed E-state index contributed by atoms with van der Waals surface area (Å²) in [5.74, 6) is 0. The van der Waals surface area contributed by atoms with Crippen molar-refractivity contribution in [3.8, 4) is 0 Å². The van der Waals surface area contributed by atoms with Gasteiger partial charge in [-0.3, -0.25) is 9.29 Å². The molecule has 0 aliphatic carbocycles. The summed E-state index contributed by atoms with van der Waals surface area (Å²) in [7, 11) is 0. The van der Waals surface area contributed by atoms with Crippen LogP contribution in [0.1, 0.15) is 12.8 Å². The molecule has 1 heterocycles. The van der Waals surface area contributed by atoms with Crippen LogP contribution in [-0.2, 0) is 4.74 Å². The first kappa shape index (κ1) is 8.94. The van der Waals surface area contributed by atoms with Crippen molar-refractivity contribution in [2.75, 3.05) is 39.5 Å². The lowest BCUT2D eigenvalue weighted by atomic mass is 10.3. The Hall–Kier alpha value is -0.150. The van der Waals surface area contributed by atoms with Gasteiger partial charge in [0.25, 0.3) is 0 Å². The van der Waals surface area contributed by atoms with Gasteiger partial charge in [0.15, 0.2) is 0 Å². The third-order valence-electron chi connectivity index (χ3n) is 1.96. The normalized spacial score (nSPS) is 20.5. The minimum atomic E-state index is -0.176. The van der Waals surface area contributed by atoms with Gasteiger partial charge < -0.3 is 4.74 Å². The molecule has 66 valence electrons. The van der Waals surface area contributed by atoms with E-state index >= 15 is 0 Å². The second kappa shape index (κ2) is 5.49. The SMILES string of the molecule is FCCCCN1CCOCC1. The summed E-state index contributed by atoms with van der Waals surface area (Å²) in [6.07, 6.45) is 1.69. The Balaban J connectivity index is 1.96. The van der Waals surface area contributed by atoms with Crippen LogP contribution in [0.4, 0.5) is 4.39 Å². The van der Waals surface area contributed by atoms with Crippen molar-refractivity contribution >= 4 is 0 Å². The molecule has 0 aromatic heterocycles. The van der Waals surface area contributed by atoms with Crippen LogP contribution < -0.4 is 0 Å². The van der Waals surface area contributed by atoms with E-state index in [1.165, 1.54) is 0 Å². The average Bonchev–Trinajstić information content (AvgIpc) is 2.07. The molecule has 0 saturated carbocycles. The zero-order valence-corrected chi connectivity index (χ0v) is 6.89. The highest BCUT2D eigenvalue weighted by molar-refractivity contribution is 4.61. The monoisotopic (exact) mass is 161 g/mol. The van der Waals surface area contributed by atoms with Crippen LogP contribution in [0.25, 0.3) is 0 Å². The van der Waals surface area contributed by atoms with Crippen molar-refractivity contribution < 1.29 is 9.13 Å². The molecule has 0 bridgehead atoms. The Morgan fingerprint density at radius 2 is 1.91 bits per heavy atom. The number of ether oxygens (including phenoxy) is 1. The number of alkyl halides is 1. The minimum absolute atomic E-state index is 0.176. The van der Waals surface area contributed by atoms with Gasteiger partial charge in [-0.05, 0) is 19.4 Å². The predicted octanol–water partition coefficient (Wildman–Crippen LogP) is 1.07. The second-order valence-electron chi connectivity index (χ2n) is 2.85. The van der Waals surface area contributed by atoms with Crippen LogP contribution in [0.5, 0.6) is 0 Å². The van der Waals surface area contributed by atoms with Gasteiger partial charge in [0.1, 0.15) is 0 Å². The van der Waals surface area contributed by atoms with Gasteiger partial charge in [-0.2, -0.15) is 0 Å². The Morgan fingerprint density at radius 1 is 1.18 bits per heavy atom. The maximum Gasteiger partial charge on any atom is 0.0894 e. The summed E-state index contributed by atoms with van der Waals surface area (Å²) in [6.45, 7) is 4.58. The largest absolute Gasteiger partial charge is 0.379 e. The quantitative estimate of drug-likeness (QED) is 0.572. The first-order valence-corrected chi connectivity index (χ1v) is 4.29. The van der Waals surface area contributed by atoms with Crippen LogP contribution in [0, 0.1) is 0 Å². The number of nitrogens with zero attached hydrogens (tertiary/aromatic N) is 1. The molecule has 0 spiro atoms. The van der Waals surface area contributed by atoms with Gasteiger partial charge in [0, 0.05) is 13.1 Å². The molecule has 1 rings (SSSR count). The summed E-state index contributed by atoms with van der Waals surface area (Å²) in [6, 6.07) is 0. The summed E-state index contributed by atoms with van der Waals surface area (Å²) in [4.78, 5) is 2.33. The zero-order chi connectivity index (χ0) is 7.94. The van der Waals surface area contributed by atoms with E-state index < -0.39 is 0 Å². The second-order valence-corrected chi connectivity index (χ2v) is 2.85. The van der Waals surface area contributed by atoms with E-state index in [1.807, 2.05) is 0 Å². The molecular weight excluding hydrogens is 145 g/mol. The molecule has 1 saturated heterocycles. The van der Waals surface area contributed by atoms with E-state index in [4.69, 9.17) is 4.74 Å². The molecule has 0 aromatic rings. The molecule has 0 radical (unpaired) electrons. The van der Waals surface area contributed by atoms with E-state index in [2.05, 4.69) is 4.90 Å². The number of rotatable bonds is 4. The van der Waals surface area contributed by atoms with Crippen molar-refractivity contribution in [3.63, 3.8) is 0 Å². The van der Waals surface area contributed by atoms with Crippen LogP contribution >= 0.6 is 0 Å². The molecule has 0 unspecified atom stereocenters. The fourth-order valence-corrected chi connectivity index (χ4v) is 1.25. The number of hydrogen-bond acceptors (Lipinski definition) is 2. The highest BCUT2D eigenvalue weighted by atomic mass is 19.1. The molecule has 0 N–H and O–H groups in total. The first-order valence-electron chi connectivity index (χ1n) is 4.29. The van der Waals surface area contributed by atoms with E-state index in [-0.39, 0.29) is 6.67 Å². The standard InChI is InChI=1S/C8H16FNO/c9-3-1-2-4-10-5-7-11-8-6-10/h1-8H2. The summed E-state index contributed by atoms with van der Waals surface area (Å²) in [5.41, 5.74) is 0. The fraction of sp³-hybridized carbons (Fsp3) is 1.00. The van der Waals surface area contributed by atoms with Gasteiger partial charge in [-0.1, -0.05) is 0 Å². The maximum atomic E-state index is 11.7. The number of hydrogen-bond donors (Lipinski definition) is 0. The Bertz CT molecular complexity index is 94.1. The summed E-state index contributed by atoms with van der Waals surface area (Å²) < 4.78 is 16.9. The molecule has 1 fully saturated rings. The van der Waals surface area contributed by atoms with Crippen molar-refractivity contribution in [2.24, 2.45) is 0 Å². The molecule has 3 heteroatoms. The maximum absolute atomic E-state index is 11.7. The molecule has 0 aromatic carbocycles. The third-order valence-corrected chi connectivity index (χ3v) is 1.96. The lowest BCUT2D eigenvalue weighted by Gasteiger charge is -2.26. The lowest BCUT2D eigenvalue weighted by Crippen LogP contribution is -2.36. The van der Waals surface area contributed by atoms with Crippen molar-refractivity contribution in [1.82, 2.24) is 4.90 Å². The van der Waals surface area contributed by atoms with Crippen molar-refractivity contribution in [1.29, 1.82) is 0 Å². The smallest absolute Gasteiger partial charge is 0.0894 e. The summed E-state index contributed by atoms with van der Waals surface area (Å²) in [5, 5.41) is 0. The highest BCUT2D eigenvalue weighted by Crippen LogP contribution is 1.99. The summed E-state index contributed by atoms with van der Waals surface area (Å²) >= 11 is 0. The van der Waals surface area contributed by atoms with E-state index in [0.29, 0.717) is 6.42 Å². The van der Waals surface area contributed by atoms with Gasteiger partial charge in [-0.15, -0.1) is 0 Å². The zero-order valence-electron chi connectivity index (χ0n) is 6.89. The van der Waals surface area contributed by atoms with E-state index in [0.717, 1.165) is 39.3 Å². The fourth-order valence-electron chi connectivity index (χ4n) is 1.25. The molecule has 2 nitrogen and oxygen atoms in total. The van der Waals surface area contributed by atoms with Gasteiger partial charge in [0.05, 0.1) is 19.9 Å². The number of unbranched alkanes of at least 4 members (excludes halogenated alkanes) is 1. The van der Waals surface area contributed by atoms with Crippen molar-refractivity contribution in [2.45, 2.75) is 12.8 Å². The van der Waals surface area contributed by atoms with Crippen LogP contribution in [-0.4, -0.2) is 44.4 Å². The van der Waals surface area contributed by atoms with E-state index in [9.17, 15) is 4.39 Å². The topological polar surface area (TPSA) is 12.5 Å². The number of morpholine rings is 1. The molecule has 0 amide bonds. The van der Waals surface area contributed by atoms with Gasteiger partial charge >= 0.3 is 0 Å². The Labute approximate surface area is 67.3 Å². The van der Waals surface area contributed by atoms with Crippen LogP contribution in [0.15, 0.2) is 0 Å². The third kappa shape index (κ3) is 3.68. The van der Waals surface area contributed by atoms with Gasteiger partial charge in [-0.25, -0.2) is 0 Å². The van der Waals surface area contributed by atoms with E-state index in [1.54, 1.807) is 0 Å². The minimum Gasteiger partial charge on any atom is -0.379 e. The first-order chi connectivity index (χ1) is 5.43. The molecule has 1 aliphatic heterocycles. The molecule has 11 heavy (non-hydrogen) atoms. The highest BCUT2D eigenvalue weighted by Gasteiger charge is 2.08. The molecule has 1 aliphatic rings. The number of halogens is 1. The Morgan fingerprint density at radius 3 is 2.55 bits per heavy atom. The average molecular weight is 161 g/mol. The van der Waals surface area contributed by atoms with Crippen LogP contribution in [0.3, 0.4) is 0 Å². The molecule has 0 atom stereocenters. The van der Waals surface area contributed by atoms with Gasteiger partial charge in [0.2, 0.25) is 0 Å². The Kier molecular flexibility index (Phi) is 4.47. The molecular formula is C8H16FNO. The van der Waals surface area contributed by atoms with Crippen molar-refractivity contribution in [3.05, 3.63) is 0 Å².